The molecule has 0 aromatic heterocycles. The number of benzene rings is 3. The van der Waals surface area contributed by atoms with Crippen LogP contribution in [0.1, 0.15) is 56.7 Å². The van der Waals surface area contributed by atoms with E-state index in [0.29, 0.717) is 24.2 Å². The Balaban J connectivity index is 1.30. The predicted molar refractivity (Wildman–Crippen MR) is 133 cm³/mol. The third-order valence-corrected chi connectivity index (χ3v) is 8.85. The zero-order valence-electron chi connectivity index (χ0n) is 19.6. The number of nitrogens with zero attached hydrogens (tertiary/aromatic N) is 1. The molecule has 180 valence electrons. The number of esters is 1. The maximum Gasteiger partial charge on any atom is 0.338 e. The molecule has 0 saturated carbocycles. The number of hydrogen-bond donors (Lipinski definition) is 0. The van der Waals surface area contributed by atoms with Crippen LogP contribution in [0.25, 0.3) is 11.1 Å². The second-order valence-electron chi connectivity index (χ2n) is 9.15. The standard InChI is InChI=1S/C28H27NO5S/c1-19-9-10-23(17-27(19)35(32,33)29-13-5-2-6-14-29)28(31)34-18-26(30)22-12-11-21-15-20-7-3-4-8-24(20)25(21)16-22/h3-4,7-12,16-17H,2,5-6,13-15,18H2,1H3. The molecule has 0 N–H and O–H groups in total. The van der Waals surface area contributed by atoms with Crippen molar-refractivity contribution in [2.24, 2.45) is 0 Å². The number of fused-ring (bicyclic) bond motifs is 3. The highest BCUT2D eigenvalue weighted by Crippen LogP contribution is 2.37. The first-order chi connectivity index (χ1) is 16.8. The minimum atomic E-state index is -3.69. The van der Waals surface area contributed by atoms with Crippen molar-refractivity contribution < 1.29 is 22.7 Å². The molecule has 3 aromatic rings. The zero-order chi connectivity index (χ0) is 24.6. The minimum Gasteiger partial charge on any atom is -0.454 e. The summed E-state index contributed by atoms with van der Waals surface area (Å²) in [7, 11) is -3.69. The lowest BCUT2D eigenvalue weighted by Crippen LogP contribution is -2.36. The molecule has 0 unspecified atom stereocenters. The molecule has 1 aliphatic carbocycles. The Morgan fingerprint density at radius 2 is 1.57 bits per heavy atom. The number of sulfonamides is 1. The normalized spacial score (nSPS) is 15.3. The molecule has 1 saturated heterocycles. The molecule has 5 rings (SSSR count). The molecule has 2 aliphatic rings. The number of rotatable bonds is 6. The molecule has 0 radical (unpaired) electrons. The fourth-order valence-corrected chi connectivity index (χ4v) is 6.61. The molecule has 0 spiro atoms. The van der Waals surface area contributed by atoms with E-state index >= 15 is 0 Å². The second kappa shape index (κ2) is 9.40. The van der Waals surface area contributed by atoms with Crippen molar-refractivity contribution >= 4 is 21.8 Å². The summed E-state index contributed by atoms with van der Waals surface area (Å²) in [5.74, 6) is -1.03. The summed E-state index contributed by atoms with van der Waals surface area (Å²) in [5.41, 5.74) is 5.71. The summed E-state index contributed by atoms with van der Waals surface area (Å²) in [4.78, 5) is 25.6. The quantitative estimate of drug-likeness (QED) is 0.288. The average Bonchev–Trinajstić information content (AvgIpc) is 3.25. The first-order valence-corrected chi connectivity index (χ1v) is 13.3. The van der Waals surface area contributed by atoms with E-state index in [0.717, 1.165) is 36.8 Å². The molecule has 1 heterocycles. The van der Waals surface area contributed by atoms with Gasteiger partial charge < -0.3 is 4.74 Å². The van der Waals surface area contributed by atoms with E-state index in [4.69, 9.17) is 4.74 Å². The van der Waals surface area contributed by atoms with Gasteiger partial charge in [-0.05, 0) is 72.2 Å². The lowest BCUT2D eigenvalue weighted by atomic mass is 10.0. The molecule has 0 atom stereocenters. The molecule has 35 heavy (non-hydrogen) atoms. The van der Waals surface area contributed by atoms with Crippen LogP contribution in [0, 0.1) is 6.92 Å². The molecule has 7 heteroatoms. The summed E-state index contributed by atoms with van der Waals surface area (Å²) in [6.07, 6.45) is 3.51. The van der Waals surface area contributed by atoms with Gasteiger partial charge in [-0.25, -0.2) is 13.2 Å². The smallest absolute Gasteiger partial charge is 0.338 e. The van der Waals surface area contributed by atoms with Gasteiger partial charge in [-0.3, -0.25) is 4.79 Å². The number of Topliss-reactive ketones (excluding diaryl/α,β-unsaturated/α-hetero) is 1. The van der Waals surface area contributed by atoms with Crippen LogP contribution >= 0.6 is 0 Å². The number of carbonyl (C=O) groups is 2. The molecule has 6 nitrogen and oxygen atoms in total. The lowest BCUT2D eigenvalue weighted by molar-refractivity contribution is 0.0474. The first-order valence-electron chi connectivity index (χ1n) is 11.9. The van der Waals surface area contributed by atoms with Crippen molar-refractivity contribution in [3.63, 3.8) is 0 Å². The van der Waals surface area contributed by atoms with Gasteiger partial charge >= 0.3 is 5.97 Å². The Morgan fingerprint density at radius 3 is 2.37 bits per heavy atom. The van der Waals surface area contributed by atoms with E-state index in [9.17, 15) is 18.0 Å². The first kappa shape index (κ1) is 23.5. The van der Waals surface area contributed by atoms with Crippen LogP contribution in [-0.2, 0) is 21.2 Å². The van der Waals surface area contributed by atoms with E-state index < -0.39 is 22.6 Å². The molecule has 1 fully saturated rings. The van der Waals surface area contributed by atoms with Crippen LogP contribution < -0.4 is 0 Å². The Bertz CT molecular complexity index is 1420. The second-order valence-corrected chi connectivity index (χ2v) is 11.1. The van der Waals surface area contributed by atoms with Crippen LogP contribution in [0.5, 0.6) is 0 Å². The van der Waals surface area contributed by atoms with Crippen molar-refractivity contribution in [2.45, 2.75) is 37.5 Å². The van der Waals surface area contributed by atoms with Crippen molar-refractivity contribution in [1.82, 2.24) is 4.31 Å². The maximum atomic E-state index is 13.1. The SMILES string of the molecule is Cc1ccc(C(=O)OCC(=O)c2ccc3c(c2)-c2ccccc2C3)cc1S(=O)(=O)N1CCCCC1. The molecule has 0 amide bonds. The van der Waals surface area contributed by atoms with Gasteiger partial charge in [-0.2, -0.15) is 4.31 Å². The molecular weight excluding hydrogens is 462 g/mol. The van der Waals surface area contributed by atoms with E-state index in [-0.39, 0.29) is 16.2 Å². The Kier molecular flexibility index (Phi) is 6.30. The van der Waals surface area contributed by atoms with Gasteiger partial charge in [0.25, 0.3) is 0 Å². The third-order valence-electron chi connectivity index (χ3n) is 6.81. The van der Waals surface area contributed by atoms with Gasteiger partial charge in [0.05, 0.1) is 10.5 Å². The van der Waals surface area contributed by atoms with Gasteiger partial charge in [0.2, 0.25) is 10.0 Å². The van der Waals surface area contributed by atoms with Gasteiger partial charge in [-0.1, -0.05) is 48.9 Å². The fourth-order valence-electron chi connectivity index (χ4n) is 4.84. The van der Waals surface area contributed by atoms with E-state index in [1.54, 1.807) is 19.1 Å². The van der Waals surface area contributed by atoms with E-state index in [1.807, 2.05) is 30.3 Å². The number of carbonyl (C=O) groups excluding carboxylic acids is 2. The van der Waals surface area contributed by atoms with Gasteiger partial charge in [0, 0.05) is 18.7 Å². The summed E-state index contributed by atoms with van der Waals surface area (Å²) >= 11 is 0. The maximum absolute atomic E-state index is 13.1. The molecule has 3 aromatic carbocycles. The van der Waals surface area contributed by atoms with Gasteiger partial charge in [0.1, 0.15) is 0 Å². The number of aryl methyl sites for hydroxylation is 1. The number of piperidine rings is 1. The highest BCUT2D eigenvalue weighted by Gasteiger charge is 2.28. The Labute approximate surface area is 205 Å². The highest BCUT2D eigenvalue weighted by molar-refractivity contribution is 7.89. The van der Waals surface area contributed by atoms with Crippen LogP contribution in [0.3, 0.4) is 0 Å². The summed E-state index contributed by atoms with van der Waals surface area (Å²) in [6, 6.07) is 18.2. The fraction of sp³-hybridized carbons (Fsp3) is 0.286. The number of ketones is 1. The Morgan fingerprint density at radius 1 is 0.857 bits per heavy atom. The lowest BCUT2D eigenvalue weighted by Gasteiger charge is -2.26. The largest absolute Gasteiger partial charge is 0.454 e. The summed E-state index contributed by atoms with van der Waals surface area (Å²) < 4.78 is 33.0. The number of hydrogen-bond acceptors (Lipinski definition) is 5. The van der Waals surface area contributed by atoms with Crippen LogP contribution in [0.4, 0.5) is 0 Å². The summed E-state index contributed by atoms with van der Waals surface area (Å²) in [6.45, 7) is 2.26. The van der Waals surface area contributed by atoms with Crippen LogP contribution in [0.2, 0.25) is 0 Å². The van der Waals surface area contributed by atoms with Crippen LogP contribution in [0.15, 0.2) is 65.6 Å². The highest BCUT2D eigenvalue weighted by atomic mass is 32.2. The molecular formula is C28H27NO5S. The molecule has 0 bridgehead atoms. The monoisotopic (exact) mass is 489 g/mol. The van der Waals surface area contributed by atoms with Crippen molar-refractivity contribution in [3.8, 4) is 11.1 Å². The average molecular weight is 490 g/mol. The van der Waals surface area contributed by atoms with E-state index in [2.05, 4.69) is 6.07 Å². The Hall–Kier alpha value is -3.29. The zero-order valence-corrected chi connectivity index (χ0v) is 20.4. The molecule has 1 aliphatic heterocycles. The predicted octanol–water partition coefficient (Wildman–Crippen LogP) is 4.78. The van der Waals surface area contributed by atoms with Crippen molar-refractivity contribution in [3.05, 3.63) is 88.5 Å². The number of ether oxygens (including phenoxy) is 1. The van der Waals surface area contributed by atoms with E-state index in [1.165, 1.54) is 27.6 Å². The van der Waals surface area contributed by atoms with Crippen molar-refractivity contribution in [2.75, 3.05) is 19.7 Å². The minimum absolute atomic E-state index is 0.109. The topological polar surface area (TPSA) is 80.8 Å². The van der Waals surface area contributed by atoms with Crippen LogP contribution in [-0.4, -0.2) is 44.2 Å². The van der Waals surface area contributed by atoms with Gasteiger partial charge in [-0.15, -0.1) is 0 Å². The van der Waals surface area contributed by atoms with Crippen molar-refractivity contribution in [1.29, 1.82) is 0 Å². The summed E-state index contributed by atoms with van der Waals surface area (Å²) in [5, 5.41) is 0. The van der Waals surface area contributed by atoms with Gasteiger partial charge in [0.15, 0.2) is 12.4 Å². The third kappa shape index (κ3) is 4.54.